The van der Waals surface area contributed by atoms with E-state index in [0.717, 1.165) is 17.7 Å². The molecular formula is C20H18F3N5O. The summed E-state index contributed by atoms with van der Waals surface area (Å²) >= 11 is 0. The Hall–Kier alpha value is -3.46. The molecule has 3 rings (SSSR count). The quantitative estimate of drug-likeness (QED) is 0.558. The molecular weight excluding hydrogens is 383 g/mol. The van der Waals surface area contributed by atoms with E-state index in [1.54, 1.807) is 24.5 Å². The van der Waals surface area contributed by atoms with E-state index >= 15 is 0 Å². The van der Waals surface area contributed by atoms with Gasteiger partial charge in [0.25, 0.3) is 0 Å². The highest BCUT2D eigenvalue weighted by atomic mass is 19.4. The number of rotatable bonds is 7. The van der Waals surface area contributed by atoms with Crippen LogP contribution in [0.1, 0.15) is 11.1 Å². The Morgan fingerprint density at radius 3 is 2.48 bits per heavy atom. The summed E-state index contributed by atoms with van der Waals surface area (Å²) in [7, 11) is 0. The topological polar surface area (TPSA) is 78.9 Å². The van der Waals surface area contributed by atoms with Gasteiger partial charge in [-0.2, -0.15) is 13.2 Å². The molecule has 6 nitrogen and oxygen atoms in total. The molecule has 0 aliphatic carbocycles. The lowest BCUT2D eigenvalue weighted by Crippen LogP contribution is -2.27. The smallest absolute Gasteiger partial charge is 0.340 e. The number of hydrogen-bond donors (Lipinski definition) is 3. The molecule has 2 aromatic heterocycles. The number of aromatic nitrogens is 2. The lowest BCUT2D eigenvalue weighted by molar-refractivity contribution is -0.137. The first-order valence-electron chi connectivity index (χ1n) is 8.70. The average molecular weight is 401 g/mol. The fourth-order valence-corrected chi connectivity index (χ4v) is 2.49. The Balaban J connectivity index is 1.50. The summed E-state index contributed by atoms with van der Waals surface area (Å²) in [6.45, 7) is 0.653. The van der Waals surface area contributed by atoms with Gasteiger partial charge in [-0.3, -0.25) is 9.78 Å². The lowest BCUT2D eigenvalue weighted by Gasteiger charge is -2.11. The average Bonchev–Trinajstić information content (AvgIpc) is 2.70. The minimum atomic E-state index is -4.41. The first kappa shape index (κ1) is 20.3. The predicted molar refractivity (Wildman–Crippen MR) is 104 cm³/mol. The molecule has 0 fully saturated rings. The second-order valence-corrected chi connectivity index (χ2v) is 6.14. The summed E-state index contributed by atoms with van der Waals surface area (Å²) in [5.41, 5.74) is 1.02. The van der Waals surface area contributed by atoms with Crippen molar-refractivity contribution in [1.82, 2.24) is 15.3 Å². The summed E-state index contributed by atoms with van der Waals surface area (Å²) in [5.74, 6) is 0.123. The van der Waals surface area contributed by atoms with Gasteiger partial charge in [0.2, 0.25) is 5.91 Å². The van der Waals surface area contributed by atoms with E-state index < -0.39 is 11.7 Å². The van der Waals surface area contributed by atoms with Crippen molar-refractivity contribution in [3.8, 4) is 0 Å². The molecule has 3 aromatic rings. The van der Waals surface area contributed by atoms with E-state index in [2.05, 4.69) is 25.9 Å². The Morgan fingerprint density at radius 2 is 1.79 bits per heavy atom. The number of anilines is 3. The summed E-state index contributed by atoms with van der Waals surface area (Å²) in [5, 5.41) is 8.52. The third-order valence-electron chi connectivity index (χ3n) is 3.87. The zero-order valence-electron chi connectivity index (χ0n) is 15.2. The van der Waals surface area contributed by atoms with Gasteiger partial charge in [-0.05, 0) is 48.0 Å². The number of amides is 1. The molecule has 0 bridgehead atoms. The highest BCUT2D eigenvalue weighted by Crippen LogP contribution is 2.31. The van der Waals surface area contributed by atoms with Crippen molar-refractivity contribution in [1.29, 1.82) is 0 Å². The lowest BCUT2D eigenvalue weighted by atomic mass is 10.2. The maximum absolute atomic E-state index is 12.8. The summed E-state index contributed by atoms with van der Waals surface area (Å²) < 4.78 is 38.3. The number of pyridine rings is 2. The van der Waals surface area contributed by atoms with Gasteiger partial charge in [-0.15, -0.1) is 0 Å². The number of benzene rings is 1. The van der Waals surface area contributed by atoms with Crippen LogP contribution in [0.25, 0.3) is 0 Å². The van der Waals surface area contributed by atoms with E-state index in [4.69, 9.17) is 0 Å². The van der Waals surface area contributed by atoms with Gasteiger partial charge in [-0.25, -0.2) is 4.98 Å². The van der Waals surface area contributed by atoms with E-state index in [1.165, 1.54) is 18.3 Å². The van der Waals surface area contributed by atoms with Crippen molar-refractivity contribution in [3.05, 3.63) is 78.2 Å². The Bertz CT molecular complexity index is 946. The van der Waals surface area contributed by atoms with E-state index in [9.17, 15) is 18.0 Å². The standard InChI is InChI=1S/C20H18F3N5O/c21-20(22,23)15-2-1-3-16(10-15)27-18-5-4-17(12-26-18)28-19(29)13-25-11-14-6-8-24-9-7-14/h1-10,12,25H,11,13H2,(H,26,27)(H,28,29). The van der Waals surface area contributed by atoms with Crippen LogP contribution in [0.15, 0.2) is 67.1 Å². The molecule has 0 saturated heterocycles. The van der Waals surface area contributed by atoms with Gasteiger partial charge in [0.1, 0.15) is 5.82 Å². The van der Waals surface area contributed by atoms with Crippen molar-refractivity contribution in [2.75, 3.05) is 17.2 Å². The second-order valence-electron chi connectivity index (χ2n) is 6.14. The Labute approximate surface area is 165 Å². The van der Waals surface area contributed by atoms with Crippen LogP contribution in [0, 0.1) is 0 Å². The molecule has 150 valence electrons. The SMILES string of the molecule is O=C(CNCc1ccncc1)Nc1ccc(Nc2cccc(C(F)(F)F)c2)nc1. The zero-order chi connectivity index (χ0) is 20.7. The van der Waals surface area contributed by atoms with Gasteiger partial charge in [0, 0.05) is 24.6 Å². The van der Waals surface area contributed by atoms with Gasteiger partial charge in [0.15, 0.2) is 0 Å². The molecule has 2 heterocycles. The number of carbonyl (C=O) groups excluding carboxylic acids is 1. The third kappa shape index (κ3) is 6.28. The molecule has 3 N–H and O–H groups in total. The van der Waals surface area contributed by atoms with Crippen LogP contribution in [0.4, 0.5) is 30.4 Å². The van der Waals surface area contributed by atoms with Crippen LogP contribution in [0.2, 0.25) is 0 Å². The minimum absolute atomic E-state index is 0.118. The maximum Gasteiger partial charge on any atom is 0.416 e. The number of alkyl halides is 3. The van der Waals surface area contributed by atoms with Crippen LogP contribution >= 0.6 is 0 Å². The Morgan fingerprint density at radius 1 is 1.00 bits per heavy atom. The van der Waals surface area contributed by atoms with Crippen LogP contribution in [0.3, 0.4) is 0 Å². The molecule has 0 atom stereocenters. The van der Waals surface area contributed by atoms with Crippen LogP contribution in [-0.2, 0) is 17.5 Å². The molecule has 29 heavy (non-hydrogen) atoms. The minimum Gasteiger partial charge on any atom is -0.340 e. The van der Waals surface area contributed by atoms with Gasteiger partial charge in [0.05, 0.1) is 24.0 Å². The number of halogens is 3. The van der Waals surface area contributed by atoms with E-state index in [1.807, 2.05) is 12.1 Å². The fourth-order valence-electron chi connectivity index (χ4n) is 2.49. The van der Waals surface area contributed by atoms with E-state index in [-0.39, 0.29) is 18.1 Å². The number of hydrogen-bond acceptors (Lipinski definition) is 5. The first-order chi connectivity index (χ1) is 13.9. The van der Waals surface area contributed by atoms with Crippen molar-refractivity contribution >= 4 is 23.1 Å². The highest BCUT2D eigenvalue weighted by Gasteiger charge is 2.30. The van der Waals surface area contributed by atoms with Gasteiger partial charge < -0.3 is 16.0 Å². The number of carbonyl (C=O) groups is 1. The van der Waals surface area contributed by atoms with Crippen LogP contribution < -0.4 is 16.0 Å². The first-order valence-corrected chi connectivity index (χ1v) is 8.70. The van der Waals surface area contributed by atoms with Crippen molar-refractivity contribution < 1.29 is 18.0 Å². The maximum atomic E-state index is 12.8. The second kappa shape index (κ2) is 9.16. The monoisotopic (exact) mass is 401 g/mol. The number of nitrogens with zero attached hydrogens (tertiary/aromatic N) is 2. The predicted octanol–water partition coefficient (Wildman–Crippen LogP) is 3.97. The van der Waals surface area contributed by atoms with E-state index in [0.29, 0.717) is 18.1 Å². The van der Waals surface area contributed by atoms with Gasteiger partial charge in [-0.1, -0.05) is 6.07 Å². The number of nitrogens with one attached hydrogen (secondary N) is 3. The normalized spacial score (nSPS) is 11.1. The zero-order valence-corrected chi connectivity index (χ0v) is 15.2. The van der Waals surface area contributed by atoms with Crippen molar-refractivity contribution in [3.63, 3.8) is 0 Å². The Kier molecular flexibility index (Phi) is 6.40. The van der Waals surface area contributed by atoms with Crippen molar-refractivity contribution in [2.45, 2.75) is 12.7 Å². The molecule has 0 spiro atoms. The summed E-state index contributed by atoms with van der Waals surface area (Å²) in [6.07, 6.45) is 0.372. The molecule has 1 amide bonds. The molecule has 0 radical (unpaired) electrons. The summed E-state index contributed by atoms with van der Waals surface area (Å²) in [4.78, 5) is 20.0. The van der Waals surface area contributed by atoms with Crippen LogP contribution in [0.5, 0.6) is 0 Å². The highest BCUT2D eigenvalue weighted by molar-refractivity contribution is 5.92. The molecule has 1 aromatic carbocycles. The molecule has 0 aliphatic heterocycles. The van der Waals surface area contributed by atoms with Crippen LogP contribution in [-0.4, -0.2) is 22.4 Å². The third-order valence-corrected chi connectivity index (χ3v) is 3.87. The van der Waals surface area contributed by atoms with Gasteiger partial charge >= 0.3 is 6.18 Å². The molecule has 9 heteroatoms. The molecule has 0 aliphatic rings. The fraction of sp³-hybridized carbons (Fsp3) is 0.150. The molecule has 0 unspecified atom stereocenters. The van der Waals surface area contributed by atoms with Crippen molar-refractivity contribution in [2.24, 2.45) is 0 Å². The molecule has 0 saturated carbocycles. The largest absolute Gasteiger partial charge is 0.416 e. The summed E-state index contributed by atoms with van der Waals surface area (Å²) in [6, 6.07) is 11.7.